The highest BCUT2D eigenvalue weighted by Gasteiger charge is 2.24. The number of hydrogen-bond acceptors (Lipinski definition) is 5. The summed E-state index contributed by atoms with van der Waals surface area (Å²) in [6.07, 6.45) is 0.326. The Bertz CT molecular complexity index is 784. The van der Waals surface area contributed by atoms with Crippen molar-refractivity contribution in [1.29, 1.82) is 0 Å². The van der Waals surface area contributed by atoms with Gasteiger partial charge in [0.25, 0.3) is 0 Å². The maximum Gasteiger partial charge on any atom is 0.319 e. The molecule has 0 saturated carbocycles. The second-order valence-corrected chi connectivity index (χ2v) is 8.59. The summed E-state index contributed by atoms with van der Waals surface area (Å²) < 4.78 is 5.86. The normalized spacial score (nSPS) is 20.2. The van der Waals surface area contributed by atoms with Crippen molar-refractivity contribution >= 4 is 28.7 Å². The fourth-order valence-corrected chi connectivity index (χ4v) is 4.88. The number of rotatable bonds is 8. The van der Waals surface area contributed by atoms with E-state index in [1.807, 2.05) is 18.2 Å². The molecular weight excluding hydrogens is 396 g/mol. The molecule has 2 N–H and O–H groups in total. The van der Waals surface area contributed by atoms with Crippen LogP contribution in [0, 0.1) is 0 Å². The van der Waals surface area contributed by atoms with Gasteiger partial charge < -0.3 is 20.3 Å². The first-order valence-electron chi connectivity index (χ1n) is 10.8. The van der Waals surface area contributed by atoms with Gasteiger partial charge in [0, 0.05) is 19.6 Å². The zero-order valence-electron chi connectivity index (χ0n) is 18.4. The van der Waals surface area contributed by atoms with E-state index in [9.17, 15) is 4.79 Å². The molecule has 1 fully saturated rings. The third-order valence-corrected chi connectivity index (χ3v) is 6.25. The van der Waals surface area contributed by atoms with Gasteiger partial charge >= 0.3 is 6.03 Å². The van der Waals surface area contributed by atoms with Crippen molar-refractivity contribution in [3.63, 3.8) is 0 Å². The van der Waals surface area contributed by atoms with Gasteiger partial charge in [-0.25, -0.2) is 4.79 Å². The largest absolute Gasteiger partial charge is 0.372 e. The van der Waals surface area contributed by atoms with Crippen LogP contribution in [-0.2, 0) is 4.74 Å². The standard InChI is InChI=1S/C23H34N4O2S/c1-5-26(6-2)22(19-11-12-30-16-19)13-24-23(28)25-20-9-7-8-10-21(20)27-14-17(3)29-18(4)15-27/h7-12,16-18,22H,5-6,13-15H2,1-4H3,(H2,24,25,28)/t17-,18+,22-/m0/s1. The Morgan fingerprint density at radius 1 is 1.20 bits per heavy atom. The summed E-state index contributed by atoms with van der Waals surface area (Å²) in [4.78, 5) is 17.4. The fourth-order valence-electron chi connectivity index (χ4n) is 4.17. The third-order valence-electron chi connectivity index (χ3n) is 5.55. The summed E-state index contributed by atoms with van der Waals surface area (Å²) in [5.74, 6) is 0. The van der Waals surface area contributed by atoms with Gasteiger partial charge in [-0.15, -0.1) is 0 Å². The molecule has 0 unspecified atom stereocenters. The first kappa shape index (κ1) is 22.6. The summed E-state index contributed by atoms with van der Waals surface area (Å²) >= 11 is 1.69. The highest BCUT2D eigenvalue weighted by Crippen LogP contribution is 2.28. The molecule has 1 aliphatic heterocycles. The van der Waals surface area contributed by atoms with Gasteiger partial charge in [0.1, 0.15) is 0 Å². The molecule has 1 aliphatic rings. The molecule has 0 spiro atoms. The second-order valence-electron chi connectivity index (χ2n) is 7.81. The number of thiophene rings is 1. The number of carbonyl (C=O) groups excluding carboxylic acids is 1. The van der Waals surface area contributed by atoms with E-state index in [1.165, 1.54) is 5.56 Å². The predicted molar refractivity (Wildman–Crippen MR) is 126 cm³/mol. The average Bonchev–Trinajstić information content (AvgIpc) is 3.25. The lowest BCUT2D eigenvalue weighted by atomic mass is 10.1. The number of ether oxygens (including phenoxy) is 1. The Morgan fingerprint density at radius 2 is 1.90 bits per heavy atom. The minimum atomic E-state index is -0.177. The Labute approximate surface area is 184 Å². The molecule has 1 aromatic heterocycles. The lowest BCUT2D eigenvalue weighted by Gasteiger charge is -2.37. The van der Waals surface area contributed by atoms with Crippen LogP contribution < -0.4 is 15.5 Å². The van der Waals surface area contributed by atoms with E-state index in [-0.39, 0.29) is 24.3 Å². The highest BCUT2D eigenvalue weighted by atomic mass is 32.1. The zero-order chi connectivity index (χ0) is 21.5. The maximum absolute atomic E-state index is 12.8. The Balaban J connectivity index is 1.66. The number of benzene rings is 1. The number of nitrogens with zero attached hydrogens (tertiary/aromatic N) is 2. The number of carbonyl (C=O) groups is 1. The Hall–Kier alpha value is -2.09. The maximum atomic E-state index is 12.8. The van der Waals surface area contributed by atoms with Gasteiger partial charge in [-0.3, -0.25) is 4.90 Å². The van der Waals surface area contributed by atoms with Crippen molar-refractivity contribution in [3.05, 3.63) is 46.7 Å². The van der Waals surface area contributed by atoms with Crippen LogP contribution in [0.4, 0.5) is 16.2 Å². The van der Waals surface area contributed by atoms with Crippen LogP contribution in [0.5, 0.6) is 0 Å². The number of anilines is 2. The molecule has 2 amide bonds. The van der Waals surface area contributed by atoms with Crippen molar-refractivity contribution in [2.75, 3.05) is 42.9 Å². The van der Waals surface area contributed by atoms with Crippen LogP contribution in [0.3, 0.4) is 0 Å². The van der Waals surface area contributed by atoms with Gasteiger partial charge in [-0.1, -0.05) is 26.0 Å². The first-order chi connectivity index (χ1) is 14.5. The average molecular weight is 431 g/mol. The third kappa shape index (κ3) is 5.74. The first-order valence-corrected chi connectivity index (χ1v) is 11.8. The van der Waals surface area contributed by atoms with E-state index in [1.54, 1.807) is 11.3 Å². The van der Waals surface area contributed by atoms with Crippen molar-refractivity contribution in [2.45, 2.75) is 45.9 Å². The van der Waals surface area contributed by atoms with Crippen LogP contribution in [0.1, 0.15) is 39.3 Å². The minimum absolute atomic E-state index is 0.163. The van der Waals surface area contributed by atoms with Crippen LogP contribution >= 0.6 is 11.3 Å². The topological polar surface area (TPSA) is 56.8 Å². The molecule has 30 heavy (non-hydrogen) atoms. The van der Waals surface area contributed by atoms with Gasteiger partial charge in [-0.05, 0) is 61.5 Å². The summed E-state index contributed by atoms with van der Waals surface area (Å²) in [5.41, 5.74) is 3.11. The molecule has 0 radical (unpaired) electrons. The van der Waals surface area contributed by atoms with Gasteiger partial charge in [0.2, 0.25) is 0 Å². The summed E-state index contributed by atoms with van der Waals surface area (Å²) in [5, 5.41) is 10.4. The number of amides is 2. The summed E-state index contributed by atoms with van der Waals surface area (Å²) in [6.45, 7) is 12.6. The molecule has 0 bridgehead atoms. The van der Waals surface area contributed by atoms with Crippen LogP contribution in [0.2, 0.25) is 0 Å². The van der Waals surface area contributed by atoms with E-state index in [0.717, 1.165) is 37.6 Å². The number of morpholine rings is 1. The molecule has 1 saturated heterocycles. The number of nitrogens with one attached hydrogen (secondary N) is 2. The number of urea groups is 1. The number of para-hydroxylation sites is 2. The fraction of sp³-hybridized carbons (Fsp3) is 0.522. The second kappa shape index (κ2) is 10.8. The lowest BCUT2D eigenvalue weighted by Crippen LogP contribution is -2.46. The van der Waals surface area contributed by atoms with Crippen molar-refractivity contribution in [3.8, 4) is 0 Å². The van der Waals surface area contributed by atoms with E-state index in [0.29, 0.717) is 6.54 Å². The van der Waals surface area contributed by atoms with Gasteiger partial charge in [0.15, 0.2) is 0 Å². The Morgan fingerprint density at radius 3 is 2.53 bits per heavy atom. The molecule has 2 heterocycles. The molecule has 164 valence electrons. The highest BCUT2D eigenvalue weighted by molar-refractivity contribution is 7.07. The van der Waals surface area contributed by atoms with E-state index in [4.69, 9.17) is 4.74 Å². The predicted octanol–water partition coefficient (Wildman–Crippen LogP) is 4.57. The monoisotopic (exact) mass is 430 g/mol. The van der Waals surface area contributed by atoms with Gasteiger partial charge in [0.05, 0.1) is 29.6 Å². The van der Waals surface area contributed by atoms with E-state index < -0.39 is 0 Å². The number of hydrogen-bond donors (Lipinski definition) is 2. The minimum Gasteiger partial charge on any atom is -0.372 e. The summed E-state index contributed by atoms with van der Waals surface area (Å²) in [7, 11) is 0. The van der Waals surface area contributed by atoms with E-state index in [2.05, 4.69) is 71.0 Å². The van der Waals surface area contributed by atoms with Crippen LogP contribution in [-0.4, -0.2) is 55.9 Å². The quantitative estimate of drug-likeness (QED) is 0.644. The summed E-state index contributed by atoms with van der Waals surface area (Å²) in [6, 6.07) is 10.1. The van der Waals surface area contributed by atoms with Crippen molar-refractivity contribution < 1.29 is 9.53 Å². The number of likely N-dealkylation sites (N-methyl/N-ethyl adjacent to an activating group) is 1. The van der Waals surface area contributed by atoms with Crippen LogP contribution in [0.25, 0.3) is 0 Å². The molecule has 3 rings (SSSR count). The van der Waals surface area contributed by atoms with E-state index >= 15 is 0 Å². The zero-order valence-corrected chi connectivity index (χ0v) is 19.2. The SMILES string of the molecule is CCN(CC)[C@@H](CNC(=O)Nc1ccccc1N1C[C@@H](C)O[C@@H](C)C1)c1ccsc1. The lowest BCUT2D eigenvalue weighted by molar-refractivity contribution is -0.00517. The smallest absolute Gasteiger partial charge is 0.319 e. The Kier molecular flexibility index (Phi) is 8.13. The molecule has 3 atom stereocenters. The van der Waals surface area contributed by atoms with Crippen molar-refractivity contribution in [1.82, 2.24) is 10.2 Å². The molecule has 2 aromatic rings. The molecule has 1 aromatic carbocycles. The molecule has 6 nitrogen and oxygen atoms in total. The van der Waals surface area contributed by atoms with Crippen LogP contribution in [0.15, 0.2) is 41.1 Å². The molecular formula is C23H34N4O2S. The van der Waals surface area contributed by atoms with Gasteiger partial charge in [-0.2, -0.15) is 11.3 Å². The molecule has 0 aliphatic carbocycles. The van der Waals surface area contributed by atoms with Crippen molar-refractivity contribution in [2.24, 2.45) is 0 Å². The molecule has 7 heteroatoms.